The van der Waals surface area contributed by atoms with Gasteiger partial charge in [0.15, 0.2) is 0 Å². The summed E-state index contributed by atoms with van der Waals surface area (Å²) in [6, 6.07) is 5.99. The van der Waals surface area contributed by atoms with Crippen LogP contribution in [0.1, 0.15) is 24.2 Å². The molecule has 1 heterocycles. The van der Waals surface area contributed by atoms with Crippen LogP contribution in [0.5, 0.6) is 0 Å². The molecule has 0 atom stereocenters. The maximum absolute atomic E-state index is 12.1. The lowest BCUT2D eigenvalue weighted by Crippen LogP contribution is -2.41. The van der Waals surface area contributed by atoms with E-state index in [4.69, 9.17) is 4.74 Å². The third-order valence-corrected chi connectivity index (χ3v) is 5.37. The zero-order valence-corrected chi connectivity index (χ0v) is 15.6. The van der Waals surface area contributed by atoms with E-state index in [0.29, 0.717) is 18.7 Å². The van der Waals surface area contributed by atoms with Gasteiger partial charge in [-0.15, -0.1) is 0 Å². The smallest absolute Gasteiger partial charge is 0.251 e. The van der Waals surface area contributed by atoms with Gasteiger partial charge < -0.3 is 10.1 Å². The Morgan fingerprint density at radius 2 is 1.84 bits per heavy atom. The number of benzene rings is 1. The SMILES string of the molecule is CC(C)CNS(=O)(=O)c1ccc(C(=O)NCCN2CCOCC2)cc1. The van der Waals surface area contributed by atoms with Crippen LogP contribution in [0.25, 0.3) is 0 Å². The summed E-state index contributed by atoms with van der Waals surface area (Å²) in [5, 5.41) is 2.86. The predicted octanol–water partition coefficient (Wildman–Crippen LogP) is 0.683. The highest BCUT2D eigenvalue weighted by atomic mass is 32.2. The van der Waals surface area contributed by atoms with Crippen LogP contribution in [0.4, 0.5) is 0 Å². The standard InChI is InChI=1S/C17H27N3O4S/c1-14(2)13-19-25(22,23)16-5-3-15(4-6-16)17(21)18-7-8-20-9-11-24-12-10-20/h3-6,14,19H,7-13H2,1-2H3,(H,18,21). The van der Waals surface area contributed by atoms with Crippen molar-refractivity contribution in [1.82, 2.24) is 14.9 Å². The number of nitrogens with one attached hydrogen (secondary N) is 2. The highest BCUT2D eigenvalue weighted by Crippen LogP contribution is 2.11. The van der Waals surface area contributed by atoms with Crippen molar-refractivity contribution in [1.29, 1.82) is 0 Å². The summed E-state index contributed by atoms with van der Waals surface area (Å²) in [6.07, 6.45) is 0. The van der Waals surface area contributed by atoms with E-state index in [1.54, 1.807) is 0 Å². The Morgan fingerprint density at radius 1 is 1.20 bits per heavy atom. The largest absolute Gasteiger partial charge is 0.379 e. The number of amides is 1. The number of carbonyl (C=O) groups excluding carboxylic acids is 1. The number of nitrogens with zero attached hydrogens (tertiary/aromatic N) is 1. The summed E-state index contributed by atoms with van der Waals surface area (Å²) in [4.78, 5) is 14.5. The molecule has 1 aliphatic heterocycles. The second kappa shape index (κ2) is 9.28. The molecule has 7 nitrogen and oxygen atoms in total. The van der Waals surface area contributed by atoms with Gasteiger partial charge in [0.1, 0.15) is 0 Å². The normalized spacial score (nSPS) is 16.1. The Kier molecular flexibility index (Phi) is 7.37. The quantitative estimate of drug-likeness (QED) is 0.704. The van der Waals surface area contributed by atoms with E-state index in [-0.39, 0.29) is 16.7 Å². The first-order valence-corrected chi connectivity index (χ1v) is 10.0. The second-order valence-corrected chi connectivity index (χ2v) is 8.25. The van der Waals surface area contributed by atoms with Crippen LogP contribution in [0.3, 0.4) is 0 Å². The van der Waals surface area contributed by atoms with E-state index in [9.17, 15) is 13.2 Å². The third kappa shape index (κ3) is 6.39. The molecule has 25 heavy (non-hydrogen) atoms. The van der Waals surface area contributed by atoms with E-state index in [1.807, 2.05) is 13.8 Å². The van der Waals surface area contributed by atoms with Gasteiger partial charge in [-0.1, -0.05) is 13.8 Å². The highest BCUT2D eigenvalue weighted by molar-refractivity contribution is 7.89. The minimum Gasteiger partial charge on any atom is -0.379 e. The fourth-order valence-corrected chi connectivity index (χ4v) is 3.61. The van der Waals surface area contributed by atoms with Crippen LogP contribution in [-0.2, 0) is 14.8 Å². The summed E-state index contributed by atoms with van der Waals surface area (Å²) in [5.41, 5.74) is 0.449. The molecule has 0 bridgehead atoms. The molecule has 1 aromatic rings. The monoisotopic (exact) mass is 369 g/mol. The minimum atomic E-state index is -3.53. The molecular formula is C17H27N3O4S. The minimum absolute atomic E-state index is 0.165. The maximum Gasteiger partial charge on any atom is 0.251 e. The Hall–Kier alpha value is -1.48. The van der Waals surface area contributed by atoms with Gasteiger partial charge in [-0.25, -0.2) is 13.1 Å². The highest BCUT2D eigenvalue weighted by Gasteiger charge is 2.15. The number of hydrogen-bond donors (Lipinski definition) is 2. The average molecular weight is 369 g/mol. The predicted molar refractivity (Wildman–Crippen MR) is 96.1 cm³/mol. The summed E-state index contributed by atoms with van der Waals surface area (Å²) < 4.78 is 32.1. The summed E-state index contributed by atoms with van der Waals surface area (Å²) in [7, 11) is -3.53. The van der Waals surface area contributed by atoms with Crippen LogP contribution in [0, 0.1) is 5.92 Å². The maximum atomic E-state index is 12.1. The van der Waals surface area contributed by atoms with Crippen molar-refractivity contribution in [3.63, 3.8) is 0 Å². The molecule has 0 aliphatic carbocycles. The van der Waals surface area contributed by atoms with Crippen molar-refractivity contribution >= 4 is 15.9 Å². The molecule has 2 N–H and O–H groups in total. The van der Waals surface area contributed by atoms with E-state index in [0.717, 1.165) is 32.8 Å². The lowest BCUT2D eigenvalue weighted by atomic mass is 10.2. The van der Waals surface area contributed by atoms with E-state index < -0.39 is 10.0 Å². The number of morpholine rings is 1. The molecule has 1 fully saturated rings. The fraction of sp³-hybridized carbons (Fsp3) is 0.588. The van der Waals surface area contributed by atoms with Gasteiger partial charge in [0.05, 0.1) is 18.1 Å². The molecule has 1 amide bonds. The van der Waals surface area contributed by atoms with Crippen molar-refractivity contribution in [3.05, 3.63) is 29.8 Å². The Labute approximate surface area is 149 Å². The summed E-state index contributed by atoms with van der Waals surface area (Å²) in [5.74, 6) is 0.0265. The molecule has 1 aliphatic rings. The number of sulfonamides is 1. The summed E-state index contributed by atoms with van der Waals surface area (Å²) >= 11 is 0. The van der Waals surface area contributed by atoms with Gasteiger partial charge in [-0.3, -0.25) is 9.69 Å². The topological polar surface area (TPSA) is 87.7 Å². The number of carbonyl (C=O) groups is 1. The molecule has 1 saturated heterocycles. The first-order chi connectivity index (χ1) is 11.9. The molecular weight excluding hydrogens is 342 g/mol. The third-order valence-electron chi connectivity index (χ3n) is 3.93. The van der Waals surface area contributed by atoms with Crippen molar-refractivity contribution in [2.24, 2.45) is 5.92 Å². The van der Waals surface area contributed by atoms with Crippen LogP contribution in [0.15, 0.2) is 29.2 Å². The number of hydrogen-bond acceptors (Lipinski definition) is 5. The molecule has 0 saturated carbocycles. The van der Waals surface area contributed by atoms with Crippen molar-refractivity contribution < 1.29 is 17.9 Å². The van der Waals surface area contributed by atoms with Crippen LogP contribution in [-0.4, -0.2) is 65.2 Å². The number of ether oxygens (including phenoxy) is 1. The Bertz CT molecular complexity index is 653. The van der Waals surface area contributed by atoms with Crippen LogP contribution in [0.2, 0.25) is 0 Å². The average Bonchev–Trinajstić information content (AvgIpc) is 2.61. The van der Waals surface area contributed by atoms with Crippen LogP contribution < -0.4 is 10.0 Å². The lowest BCUT2D eigenvalue weighted by molar-refractivity contribution is 0.0383. The van der Waals surface area contributed by atoms with Gasteiger partial charge >= 0.3 is 0 Å². The zero-order chi connectivity index (χ0) is 18.3. The van der Waals surface area contributed by atoms with E-state index >= 15 is 0 Å². The second-order valence-electron chi connectivity index (χ2n) is 6.48. The summed E-state index contributed by atoms with van der Waals surface area (Å²) in [6.45, 7) is 8.81. The lowest BCUT2D eigenvalue weighted by Gasteiger charge is -2.26. The van der Waals surface area contributed by atoms with Gasteiger partial charge in [-0.05, 0) is 30.2 Å². The van der Waals surface area contributed by atoms with Crippen LogP contribution >= 0.6 is 0 Å². The molecule has 2 rings (SSSR count). The van der Waals surface area contributed by atoms with Crippen molar-refractivity contribution in [2.45, 2.75) is 18.7 Å². The first-order valence-electron chi connectivity index (χ1n) is 8.56. The van der Waals surface area contributed by atoms with Gasteiger partial charge in [0, 0.05) is 38.3 Å². The van der Waals surface area contributed by atoms with Crippen molar-refractivity contribution in [2.75, 3.05) is 45.9 Å². The van der Waals surface area contributed by atoms with Gasteiger partial charge in [0.25, 0.3) is 5.91 Å². The number of rotatable bonds is 8. The molecule has 0 radical (unpaired) electrons. The zero-order valence-electron chi connectivity index (χ0n) is 14.8. The Balaban J connectivity index is 1.84. The molecule has 140 valence electrons. The molecule has 0 unspecified atom stereocenters. The van der Waals surface area contributed by atoms with Gasteiger partial charge in [0.2, 0.25) is 10.0 Å². The molecule has 0 spiro atoms. The molecule has 8 heteroatoms. The molecule has 0 aromatic heterocycles. The Morgan fingerprint density at radius 3 is 2.44 bits per heavy atom. The first kappa shape index (κ1) is 19.8. The van der Waals surface area contributed by atoms with E-state index in [2.05, 4.69) is 14.9 Å². The van der Waals surface area contributed by atoms with E-state index in [1.165, 1.54) is 24.3 Å². The molecule has 1 aromatic carbocycles. The van der Waals surface area contributed by atoms with Crippen molar-refractivity contribution in [3.8, 4) is 0 Å². The fourth-order valence-electron chi connectivity index (χ4n) is 2.40. The van der Waals surface area contributed by atoms with Gasteiger partial charge in [-0.2, -0.15) is 0 Å².